The number of nitrogens with one attached hydrogen (secondary N) is 2. The molecule has 0 spiro atoms. The van der Waals surface area contributed by atoms with Crippen molar-refractivity contribution in [1.29, 1.82) is 0 Å². The second-order valence-electron chi connectivity index (χ2n) is 8.06. The Kier molecular flexibility index (Phi) is 10.9. The van der Waals surface area contributed by atoms with Gasteiger partial charge in [0.15, 0.2) is 5.96 Å². The average Bonchev–Trinajstić information content (AvgIpc) is 2.78. The predicted octanol–water partition coefficient (Wildman–Crippen LogP) is 2.92. The first-order valence-corrected chi connectivity index (χ1v) is 10.8. The molecule has 0 aliphatic carbocycles. The number of halogens is 2. The molecule has 2 aromatic rings. The number of hydrogen-bond donors (Lipinski definition) is 3. The van der Waals surface area contributed by atoms with E-state index in [2.05, 4.69) is 44.8 Å². The molecule has 1 fully saturated rings. The lowest BCUT2D eigenvalue weighted by molar-refractivity contribution is -0.121. The third kappa shape index (κ3) is 8.38. The second-order valence-corrected chi connectivity index (χ2v) is 8.06. The Bertz CT molecular complexity index is 854. The predicted molar refractivity (Wildman–Crippen MR) is 137 cm³/mol. The van der Waals surface area contributed by atoms with Crippen molar-refractivity contribution in [3.8, 4) is 0 Å². The Labute approximate surface area is 206 Å². The van der Waals surface area contributed by atoms with Crippen LogP contribution >= 0.6 is 24.0 Å². The lowest BCUT2D eigenvalue weighted by atomic mass is 9.98. The Morgan fingerprint density at radius 2 is 1.78 bits per heavy atom. The van der Waals surface area contributed by atoms with E-state index in [4.69, 9.17) is 5.73 Å². The highest BCUT2D eigenvalue weighted by Gasteiger charge is 2.21. The molecule has 1 aliphatic heterocycles. The molecule has 1 atom stereocenters. The lowest BCUT2D eigenvalue weighted by Gasteiger charge is -2.33. The van der Waals surface area contributed by atoms with Gasteiger partial charge in [-0.1, -0.05) is 42.5 Å². The van der Waals surface area contributed by atoms with Crippen LogP contribution < -0.4 is 16.4 Å². The van der Waals surface area contributed by atoms with Gasteiger partial charge in [0, 0.05) is 39.3 Å². The summed E-state index contributed by atoms with van der Waals surface area (Å²) in [4.78, 5) is 18.7. The SMILES string of the molecule is CN=C(NCC(Cc1ccc(F)cc1)C(N)=O)NC1CCN(Cc2ccccc2)CC1.I. The number of nitrogens with two attached hydrogens (primary N) is 1. The quantitative estimate of drug-likeness (QED) is 0.267. The van der Waals surface area contributed by atoms with Gasteiger partial charge in [0.25, 0.3) is 0 Å². The first-order chi connectivity index (χ1) is 15.0. The van der Waals surface area contributed by atoms with E-state index in [-0.39, 0.29) is 35.7 Å². The number of piperidine rings is 1. The van der Waals surface area contributed by atoms with Crippen molar-refractivity contribution in [2.24, 2.45) is 16.6 Å². The summed E-state index contributed by atoms with van der Waals surface area (Å²) in [7, 11) is 1.72. The van der Waals surface area contributed by atoms with Gasteiger partial charge >= 0.3 is 0 Å². The van der Waals surface area contributed by atoms with Crippen molar-refractivity contribution in [3.63, 3.8) is 0 Å². The Hall–Kier alpha value is -2.20. The maximum Gasteiger partial charge on any atom is 0.222 e. The zero-order chi connectivity index (χ0) is 22.1. The topological polar surface area (TPSA) is 82.7 Å². The van der Waals surface area contributed by atoms with Crippen LogP contribution in [0.2, 0.25) is 0 Å². The number of carbonyl (C=O) groups excluding carboxylic acids is 1. The van der Waals surface area contributed by atoms with E-state index in [1.54, 1.807) is 19.2 Å². The van der Waals surface area contributed by atoms with Crippen LogP contribution in [-0.2, 0) is 17.8 Å². The molecule has 1 unspecified atom stereocenters. The fraction of sp³-hybridized carbons (Fsp3) is 0.417. The maximum absolute atomic E-state index is 13.1. The van der Waals surface area contributed by atoms with Gasteiger partial charge in [-0.15, -0.1) is 24.0 Å². The summed E-state index contributed by atoms with van der Waals surface area (Å²) in [6.45, 7) is 3.40. The van der Waals surface area contributed by atoms with Crippen LogP contribution in [0.4, 0.5) is 4.39 Å². The second kappa shape index (κ2) is 13.4. The summed E-state index contributed by atoms with van der Waals surface area (Å²) >= 11 is 0. The first kappa shape index (κ1) is 26.1. The summed E-state index contributed by atoms with van der Waals surface area (Å²) in [5, 5.41) is 6.70. The highest BCUT2D eigenvalue weighted by molar-refractivity contribution is 14.0. The average molecular weight is 553 g/mol. The number of nitrogens with zero attached hydrogens (tertiary/aromatic N) is 2. The van der Waals surface area contributed by atoms with E-state index >= 15 is 0 Å². The number of amides is 1. The first-order valence-electron chi connectivity index (χ1n) is 10.8. The third-order valence-electron chi connectivity index (χ3n) is 5.71. The lowest BCUT2D eigenvalue weighted by Crippen LogP contribution is -2.50. The number of primary amides is 1. The van der Waals surface area contributed by atoms with Crippen molar-refractivity contribution in [3.05, 3.63) is 71.5 Å². The Balaban J connectivity index is 0.00000363. The standard InChI is InChI=1S/C24H32FN5O.HI/c1-27-24(28-16-20(23(26)31)15-18-7-9-21(25)10-8-18)29-22-11-13-30(14-12-22)17-19-5-3-2-4-6-19;/h2-10,20,22H,11-17H2,1H3,(H2,26,31)(H2,27,28,29);1H. The van der Waals surface area contributed by atoms with Gasteiger partial charge in [-0.3, -0.25) is 14.7 Å². The minimum Gasteiger partial charge on any atom is -0.369 e. The molecule has 1 saturated heterocycles. The number of hydrogen-bond acceptors (Lipinski definition) is 3. The molecule has 174 valence electrons. The molecule has 0 bridgehead atoms. The van der Waals surface area contributed by atoms with Crippen LogP contribution in [0, 0.1) is 11.7 Å². The monoisotopic (exact) mass is 553 g/mol. The minimum absolute atomic E-state index is 0. The molecule has 2 aromatic carbocycles. The molecule has 4 N–H and O–H groups in total. The minimum atomic E-state index is -0.406. The number of carbonyl (C=O) groups is 1. The normalized spacial score (nSPS) is 16.1. The number of likely N-dealkylation sites (tertiary alicyclic amines) is 1. The van der Waals surface area contributed by atoms with Crippen molar-refractivity contribution >= 4 is 35.8 Å². The highest BCUT2D eigenvalue weighted by Crippen LogP contribution is 2.14. The van der Waals surface area contributed by atoms with Crippen LogP contribution in [0.3, 0.4) is 0 Å². The Morgan fingerprint density at radius 3 is 2.38 bits per heavy atom. The van der Waals surface area contributed by atoms with Gasteiger partial charge in [0.2, 0.25) is 5.91 Å². The summed E-state index contributed by atoms with van der Waals surface area (Å²) in [5.41, 5.74) is 7.80. The largest absolute Gasteiger partial charge is 0.369 e. The van der Waals surface area contributed by atoms with Gasteiger partial charge in [-0.2, -0.15) is 0 Å². The van der Waals surface area contributed by atoms with Crippen molar-refractivity contribution < 1.29 is 9.18 Å². The van der Waals surface area contributed by atoms with Crippen molar-refractivity contribution in [2.45, 2.75) is 31.8 Å². The molecule has 32 heavy (non-hydrogen) atoms. The Morgan fingerprint density at radius 1 is 1.12 bits per heavy atom. The van der Waals surface area contributed by atoms with E-state index < -0.39 is 5.92 Å². The third-order valence-corrected chi connectivity index (χ3v) is 5.71. The number of benzene rings is 2. The van der Waals surface area contributed by atoms with E-state index in [0.29, 0.717) is 25.0 Å². The fourth-order valence-corrected chi connectivity index (χ4v) is 3.86. The van der Waals surface area contributed by atoms with E-state index in [0.717, 1.165) is 38.0 Å². The van der Waals surface area contributed by atoms with Gasteiger partial charge in [-0.25, -0.2) is 4.39 Å². The van der Waals surface area contributed by atoms with Crippen LogP contribution in [-0.4, -0.2) is 49.5 Å². The molecule has 8 heteroatoms. The zero-order valence-corrected chi connectivity index (χ0v) is 20.8. The van der Waals surface area contributed by atoms with Crippen LogP contribution in [0.15, 0.2) is 59.6 Å². The molecule has 0 aromatic heterocycles. The van der Waals surface area contributed by atoms with Crippen molar-refractivity contribution in [2.75, 3.05) is 26.7 Å². The van der Waals surface area contributed by atoms with Crippen LogP contribution in [0.5, 0.6) is 0 Å². The van der Waals surface area contributed by atoms with E-state index in [9.17, 15) is 9.18 Å². The van der Waals surface area contributed by atoms with E-state index in [1.807, 2.05) is 6.07 Å². The summed E-state index contributed by atoms with van der Waals surface area (Å²) in [6.07, 6.45) is 2.52. The summed E-state index contributed by atoms with van der Waals surface area (Å²) in [6, 6.07) is 17.0. The molecule has 6 nitrogen and oxygen atoms in total. The maximum atomic E-state index is 13.1. The molecule has 3 rings (SSSR count). The molecular formula is C24H33FIN5O. The smallest absolute Gasteiger partial charge is 0.222 e. The molecule has 1 heterocycles. The van der Waals surface area contributed by atoms with Gasteiger partial charge < -0.3 is 16.4 Å². The molecule has 1 amide bonds. The zero-order valence-electron chi connectivity index (χ0n) is 18.5. The molecular weight excluding hydrogens is 520 g/mol. The molecule has 0 saturated carbocycles. The van der Waals surface area contributed by atoms with Crippen molar-refractivity contribution in [1.82, 2.24) is 15.5 Å². The molecule has 0 radical (unpaired) electrons. The van der Waals surface area contributed by atoms with E-state index in [1.165, 1.54) is 17.7 Å². The van der Waals surface area contributed by atoms with Crippen LogP contribution in [0.25, 0.3) is 0 Å². The highest BCUT2D eigenvalue weighted by atomic mass is 127. The van der Waals surface area contributed by atoms with Gasteiger partial charge in [-0.05, 0) is 42.5 Å². The van der Waals surface area contributed by atoms with Gasteiger partial charge in [0.05, 0.1) is 5.92 Å². The summed E-state index contributed by atoms with van der Waals surface area (Å²) < 4.78 is 13.1. The molecule has 1 aliphatic rings. The summed E-state index contributed by atoms with van der Waals surface area (Å²) in [5.74, 6) is -0.415. The number of rotatable bonds is 8. The van der Waals surface area contributed by atoms with Crippen LogP contribution in [0.1, 0.15) is 24.0 Å². The van der Waals surface area contributed by atoms with Gasteiger partial charge in [0.1, 0.15) is 5.82 Å². The number of aliphatic imine (C=N–C) groups is 1. The number of guanidine groups is 1. The fourth-order valence-electron chi connectivity index (χ4n) is 3.86.